The van der Waals surface area contributed by atoms with Gasteiger partial charge in [-0.2, -0.15) is 0 Å². The molecule has 1 saturated carbocycles. The number of carbonyl (C=O) groups is 1. The summed E-state index contributed by atoms with van der Waals surface area (Å²) in [5.41, 5.74) is 0. The van der Waals surface area contributed by atoms with Crippen LogP contribution in [0.2, 0.25) is 0 Å². The van der Waals surface area contributed by atoms with Crippen molar-refractivity contribution in [2.45, 2.75) is 37.8 Å². The molecule has 1 N–H and O–H groups in total. The molecule has 1 amide bonds. The lowest BCUT2D eigenvalue weighted by Gasteiger charge is -2.32. The van der Waals surface area contributed by atoms with Gasteiger partial charge in [0.15, 0.2) is 0 Å². The lowest BCUT2D eigenvalue weighted by atomic mass is 9.92. The number of carbonyl (C=O) groups excluding carboxylic acids is 1. The van der Waals surface area contributed by atoms with Crippen LogP contribution >= 0.6 is 11.3 Å². The van der Waals surface area contributed by atoms with Crippen molar-refractivity contribution < 1.29 is 14.3 Å². The van der Waals surface area contributed by atoms with Gasteiger partial charge >= 0.3 is 6.09 Å². The molecule has 1 fully saturated rings. The Morgan fingerprint density at radius 1 is 1.21 bits per heavy atom. The SMILES string of the molecule is CNC(=O)Oc1ccc2sc3ncnc(OC4CCC(N(C)C)CC4)c3c2c1. The van der Waals surface area contributed by atoms with Crippen LogP contribution in [0, 0.1) is 0 Å². The molecule has 4 rings (SSSR count). The topological polar surface area (TPSA) is 76.6 Å². The molecule has 8 heteroatoms. The maximum atomic E-state index is 11.5. The van der Waals surface area contributed by atoms with Gasteiger partial charge in [-0.1, -0.05) is 0 Å². The maximum Gasteiger partial charge on any atom is 0.412 e. The molecule has 0 saturated heterocycles. The van der Waals surface area contributed by atoms with Crippen molar-refractivity contribution in [3.05, 3.63) is 24.5 Å². The summed E-state index contributed by atoms with van der Waals surface area (Å²) in [5.74, 6) is 1.09. The van der Waals surface area contributed by atoms with Gasteiger partial charge in [0.1, 0.15) is 23.0 Å². The second kappa shape index (κ2) is 7.89. The zero-order valence-corrected chi connectivity index (χ0v) is 17.1. The summed E-state index contributed by atoms with van der Waals surface area (Å²) in [4.78, 5) is 23.5. The van der Waals surface area contributed by atoms with Crippen molar-refractivity contribution in [2.24, 2.45) is 0 Å². The fraction of sp³-hybridized carbons (Fsp3) is 0.450. The van der Waals surface area contributed by atoms with E-state index < -0.39 is 6.09 Å². The van der Waals surface area contributed by atoms with E-state index in [2.05, 4.69) is 34.3 Å². The smallest absolute Gasteiger partial charge is 0.412 e. The number of fused-ring (bicyclic) bond motifs is 3. The lowest BCUT2D eigenvalue weighted by Crippen LogP contribution is -2.35. The zero-order chi connectivity index (χ0) is 19.7. The molecule has 1 aromatic carbocycles. The summed E-state index contributed by atoms with van der Waals surface area (Å²) in [6.45, 7) is 0. The van der Waals surface area contributed by atoms with Crippen LogP contribution in [0.15, 0.2) is 24.5 Å². The molecule has 0 unspecified atom stereocenters. The molecular formula is C20H24N4O3S. The minimum atomic E-state index is -0.496. The number of benzene rings is 1. The average molecular weight is 401 g/mol. The number of amides is 1. The van der Waals surface area contributed by atoms with E-state index in [-0.39, 0.29) is 6.10 Å². The van der Waals surface area contributed by atoms with Crippen LogP contribution in [0.25, 0.3) is 20.3 Å². The fourth-order valence-electron chi connectivity index (χ4n) is 3.71. The van der Waals surface area contributed by atoms with Crippen LogP contribution in [0.4, 0.5) is 4.79 Å². The van der Waals surface area contributed by atoms with Crippen LogP contribution in [0.3, 0.4) is 0 Å². The number of rotatable bonds is 4. The molecule has 2 aromatic heterocycles. The number of aromatic nitrogens is 2. The van der Waals surface area contributed by atoms with Gasteiger partial charge in [-0.3, -0.25) is 0 Å². The lowest BCUT2D eigenvalue weighted by molar-refractivity contribution is 0.108. The second-order valence-corrected chi connectivity index (χ2v) is 8.30. The molecule has 1 aliphatic carbocycles. The van der Waals surface area contributed by atoms with Gasteiger partial charge in [-0.25, -0.2) is 14.8 Å². The second-order valence-electron chi connectivity index (χ2n) is 7.27. The van der Waals surface area contributed by atoms with Gasteiger partial charge in [0, 0.05) is 23.2 Å². The minimum absolute atomic E-state index is 0.162. The molecule has 3 aromatic rings. The van der Waals surface area contributed by atoms with Crippen LogP contribution in [0.5, 0.6) is 11.6 Å². The van der Waals surface area contributed by atoms with E-state index in [9.17, 15) is 4.79 Å². The van der Waals surface area contributed by atoms with Crippen molar-refractivity contribution in [1.29, 1.82) is 0 Å². The molecule has 28 heavy (non-hydrogen) atoms. The molecule has 7 nitrogen and oxygen atoms in total. The summed E-state index contributed by atoms with van der Waals surface area (Å²) in [6, 6.07) is 6.19. The first kappa shape index (κ1) is 18.9. The molecule has 0 aliphatic heterocycles. The summed E-state index contributed by atoms with van der Waals surface area (Å²) >= 11 is 1.58. The number of hydrogen-bond donors (Lipinski definition) is 1. The Morgan fingerprint density at radius 2 is 2.00 bits per heavy atom. The molecular weight excluding hydrogens is 376 g/mol. The summed E-state index contributed by atoms with van der Waals surface area (Å²) in [7, 11) is 5.80. The van der Waals surface area contributed by atoms with E-state index in [0.717, 1.165) is 46.0 Å². The predicted octanol–water partition coefficient (Wildman–Crippen LogP) is 3.81. The van der Waals surface area contributed by atoms with E-state index in [0.29, 0.717) is 17.7 Å². The zero-order valence-electron chi connectivity index (χ0n) is 16.3. The van der Waals surface area contributed by atoms with Crippen LogP contribution in [-0.4, -0.2) is 54.2 Å². The molecule has 0 spiro atoms. The number of nitrogens with zero attached hydrogens (tertiary/aromatic N) is 3. The highest BCUT2D eigenvalue weighted by atomic mass is 32.1. The van der Waals surface area contributed by atoms with Gasteiger partial charge in [0.05, 0.1) is 5.39 Å². The molecule has 0 bridgehead atoms. The van der Waals surface area contributed by atoms with E-state index in [1.165, 1.54) is 7.05 Å². The third kappa shape index (κ3) is 3.74. The Kier molecular flexibility index (Phi) is 5.32. The normalized spacial score (nSPS) is 19.9. The van der Waals surface area contributed by atoms with Gasteiger partial charge in [-0.05, 0) is 58.0 Å². The minimum Gasteiger partial charge on any atom is -0.474 e. The number of hydrogen-bond acceptors (Lipinski definition) is 7. The van der Waals surface area contributed by atoms with E-state index in [1.54, 1.807) is 23.7 Å². The standard InChI is InChI=1S/C20H24N4O3S/c1-21-20(25)27-14-8-9-16-15(10-14)17-18(22-11-23-19(17)28-16)26-13-6-4-12(5-7-13)24(2)3/h8-13H,4-7H2,1-3H3,(H,21,25). The molecule has 2 heterocycles. The van der Waals surface area contributed by atoms with E-state index in [4.69, 9.17) is 9.47 Å². The molecule has 0 atom stereocenters. The fourth-order valence-corrected chi connectivity index (χ4v) is 4.72. The number of nitrogens with one attached hydrogen (secondary N) is 1. The van der Waals surface area contributed by atoms with Gasteiger partial charge in [-0.15, -0.1) is 11.3 Å². The predicted molar refractivity (Wildman–Crippen MR) is 110 cm³/mol. The highest BCUT2D eigenvalue weighted by Crippen LogP contribution is 2.39. The Morgan fingerprint density at radius 3 is 2.71 bits per heavy atom. The Hall–Kier alpha value is -2.45. The first-order chi connectivity index (χ1) is 13.5. The molecule has 148 valence electrons. The highest BCUT2D eigenvalue weighted by molar-refractivity contribution is 7.25. The Bertz CT molecular complexity index is 996. The van der Waals surface area contributed by atoms with Crippen LogP contribution in [0.1, 0.15) is 25.7 Å². The monoisotopic (exact) mass is 400 g/mol. The third-order valence-electron chi connectivity index (χ3n) is 5.27. The van der Waals surface area contributed by atoms with E-state index >= 15 is 0 Å². The van der Waals surface area contributed by atoms with Gasteiger partial charge < -0.3 is 19.7 Å². The largest absolute Gasteiger partial charge is 0.474 e. The highest BCUT2D eigenvalue weighted by Gasteiger charge is 2.25. The van der Waals surface area contributed by atoms with Crippen molar-refractivity contribution in [3.63, 3.8) is 0 Å². The molecule has 0 radical (unpaired) electrons. The third-order valence-corrected chi connectivity index (χ3v) is 6.35. The summed E-state index contributed by atoms with van der Waals surface area (Å²) in [6.07, 6.45) is 5.50. The average Bonchev–Trinajstić information content (AvgIpc) is 3.07. The van der Waals surface area contributed by atoms with Gasteiger partial charge in [0.25, 0.3) is 0 Å². The number of ether oxygens (including phenoxy) is 2. The quantitative estimate of drug-likeness (QED) is 0.718. The molecule has 1 aliphatic rings. The van der Waals surface area contributed by atoms with Crippen molar-refractivity contribution in [1.82, 2.24) is 20.2 Å². The van der Waals surface area contributed by atoms with Crippen molar-refractivity contribution in [2.75, 3.05) is 21.1 Å². The van der Waals surface area contributed by atoms with E-state index in [1.807, 2.05) is 12.1 Å². The van der Waals surface area contributed by atoms with Crippen LogP contribution in [-0.2, 0) is 0 Å². The summed E-state index contributed by atoms with van der Waals surface area (Å²) < 4.78 is 12.7. The number of thiophene rings is 1. The summed E-state index contributed by atoms with van der Waals surface area (Å²) in [5, 5.41) is 4.29. The van der Waals surface area contributed by atoms with Crippen molar-refractivity contribution in [3.8, 4) is 11.6 Å². The first-order valence-corrected chi connectivity index (χ1v) is 10.3. The van der Waals surface area contributed by atoms with Crippen LogP contribution < -0.4 is 14.8 Å². The Labute approximate surface area is 167 Å². The van der Waals surface area contributed by atoms with Gasteiger partial charge in [0.2, 0.25) is 5.88 Å². The van der Waals surface area contributed by atoms with Crippen molar-refractivity contribution >= 4 is 37.7 Å². The Balaban J connectivity index is 1.64. The maximum absolute atomic E-state index is 11.5. The first-order valence-electron chi connectivity index (χ1n) is 9.45.